The average molecular weight is 353 g/mol. The van der Waals surface area contributed by atoms with Crippen LogP contribution in [0.25, 0.3) is 11.3 Å². The molecule has 0 saturated heterocycles. The largest absolute Gasteiger partial charge is 0.468 e. The highest BCUT2D eigenvalue weighted by atomic mass is 16.3. The molecule has 3 aromatic heterocycles. The van der Waals surface area contributed by atoms with Gasteiger partial charge in [-0.15, -0.1) is 0 Å². The van der Waals surface area contributed by atoms with Gasteiger partial charge in [0.2, 0.25) is 0 Å². The number of likely N-dealkylation sites (N-methyl/N-ethyl adjacent to an activating group) is 1. The predicted molar refractivity (Wildman–Crippen MR) is 103 cm³/mol. The summed E-state index contributed by atoms with van der Waals surface area (Å²) < 4.78 is 7.53. The molecule has 0 aliphatic heterocycles. The fraction of sp³-hybridized carbons (Fsp3) is 0.400. The summed E-state index contributed by atoms with van der Waals surface area (Å²) in [5, 5.41) is 8.19. The molecule has 0 saturated carbocycles. The van der Waals surface area contributed by atoms with E-state index in [1.807, 2.05) is 36.1 Å². The van der Waals surface area contributed by atoms with Crippen LogP contribution in [-0.4, -0.2) is 39.3 Å². The monoisotopic (exact) mass is 353 g/mol. The molecule has 6 nitrogen and oxygen atoms in total. The van der Waals surface area contributed by atoms with E-state index < -0.39 is 0 Å². The summed E-state index contributed by atoms with van der Waals surface area (Å²) in [6.45, 7) is 7.89. The molecule has 1 atom stereocenters. The van der Waals surface area contributed by atoms with Crippen LogP contribution in [0.2, 0.25) is 0 Å². The number of furan rings is 1. The fourth-order valence-corrected chi connectivity index (χ4v) is 3.31. The van der Waals surface area contributed by atoms with Crippen molar-refractivity contribution in [3.05, 3.63) is 60.4 Å². The van der Waals surface area contributed by atoms with Crippen molar-refractivity contribution in [2.45, 2.75) is 26.4 Å². The minimum Gasteiger partial charge on any atom is -0.468 e. The Morgan fingerprint density at radius 2 is 2.08 bits per heavy atom. The smallest absolute Gasteiger partial charge is 0.122 e. The van der Waals surface area contributed by atoms with Gasteiger partial charge in [0.15, 0.2) is 0 Å². The van der Waals surface area contributed by atoms with Gasteiger partial charge in [0.1, 0.15) is 5.76 Å². The number of hydrogen-bond acceptors (Lipinski definition) is 5. The summed E-state index contributed by atoms with van der Waals surface area (Å²) in [5.74, 6) is 1.000. The molecular formula is C20H27N5O. The van der Waals surface area contributed by atoms with E-state index in [2.05, 4.69) is 46.4 Å². The SMILES string of the molecule is CCN(CC)C(CNCc1cn(C)nc1-c1cccnc1)c1ccco1. The summed E-state index contributed by atoms with van der Waals surface area (Å²) in [6.07, 6.45) is 7.44. The summed E-state index contributed by atoms with van der Waals surface area (Å²) >= 11 is 0. The van der Waals surface area contributed by atoms with Crippen LogP contribution in [0.4, 0.5) is 0 Å². The van der Waals surface area contributed by atoms with Gasteiger partial charge in [-0.2, -0.15) is 5.10 Å². The molecule has 0 aliphatic carbocycles. The van der Waals surface area contributed by atoms with Crippen molar-refractivity contribution in [3.8, 4) is 11.3 Å². The van der Waals surface area contributed by atoms with Gasteiger partial charge in [-0.1, -0.05) is 13.8 Å². The van der Waals surface area contributed by atoms with Gasteiger partial charge in [0.05, 0.1) is 18.0 Å². The lowest BCUT2D eigenvalue weighted by atomic mass is 10.1. The van der Waals surface area contributed by atoms with Crippen LogP contribution in [-0.2, 0) is 13.6 Å². The maximum Gasteiger partial charge on any atom is 0.122 e. The van der Waals surface area contributed by atoms with Gasteiger partial charge in [0.25, 0.3) is 0 Å². The van der Waals surface area contributed by atoms with Crippen molar-refractivity contribution in [1.82, 2.24) is 25.0 Å². The minimum absolute atomic E-state index is 0.221. The topological polar surface area (TPSA) is 59.1 Å². The molecule has 138 valence electrons. The summed E-state index contributed by atoms with van der Waals surface area (Å²) in [6, 6.07) is 8.21. The molecule has 0 fully saturated rings. The molecule has 1 N–H and O–H groups in total. The molecule has 3 aromatic rings. The third-order valence-corrected chi connectivity index (χ3v) is 4.62. The first-order valence-corrected chi connectivity index (χ1v) is 9.14. The number of nitrogens with zero attached hydrogens (tertiary/aromatic N) is 4. The normalized spacial score (nSPS) is 12.6. The van der Waals surface area contributed by atoms with Gasteiger partial charge in [-0.3, -0.25) is 14.6 Å². The van der Waals surface area contributed by atoms with Gasteiger partial charge < -0.3 is 9.73 Å². The van der Waals surface area contributed by atoms with E-state index in [-0.39, 0.29) is 6.04 Å². The minimum atomic E-state index is 0.221. The molecule has 0 amide bonds. The van der Waals surface area contributed by atoms with Crippen LogP contribution >= 0.6 is 0 Å². The Morgan fingerprint density at radius 1 is 1.23 bits per heavy atom. The van der Waals surface area contributed by atoms with E-state index in [0.717, 1.165) is 43.2 Å². The van der Waals surface area contributed by atoms with Crippen LogP contribution in [0.15, 0.2) is 53.5 Å². The molecule has 0 radical (unpaired) electrons. The Kier molecular flexibility index (Phi) is 6.20. The zero-order valence-electron chi connectivity index (χ0n) is 15.7. The number of aryl methyl sites for hydroxylation is 1. The second-order valence-corrected chi connectivity index (χ2v) is 6.30. The lowest BCUT2D eigenvalue weighted by Gasteiger charge is -2.28. The second kappa shape index (κ2) is 8.78. The highest BCUT2D eigenvalue weighted by Crippen LogP contribution is 2.22. The maximum atomic E-state index is 5.67. The molecule has 0 spiro atoms. The Bertz CT molecular complexity index is 778. The zero-order chi connectivity index (χ0) is 18.4. The zero-order valence-corrected chi connectivity index (χ0v) is 15.7. The summed E-state index contributed by atoms with van der Waals surface area (Å²) in [5.41, 5.74) is 3.18. The van der Waals surface area contributed by atoms with Gasteiger partial charge >= 0.3 is 0 Å². The highest BCUT2D eigenvalue weighted by molar-refractivity contribution is 5.61. The number of aromatic nitrogens is 3. The molecule has 0 aliphatic rings. The quantitative estimate of drug-likeness (QED) is 0.640. The molecule has 3 rings (SSSR count). The molecule has 26 heavy (non-hydrogen) atoms. The van der Waals surface area contributed by atoms with Crippen molar-refractivity contribution in [2.75, 3.05) is 19.6 Å². The van der Waals surface area contributed by atoms with Crippen LogP contribution in [0.1, 0.15) is 31.2 Å². The molecule has 1 unspecified atom stereocenters. The Labute approximate surface area is 154 Å². The molecule has 0 aromatic carbocycles. The van der Waals surface area contributed by atoms with Gasteiger partial charge in [-0.05, 0) is 37.4 Å². The molecule has 3 heterocycles. The fourth-order valence-electron chi connectivity index (χ4n) is 3.31. The summed E-state index contributed by atoms with van der Waals surface area (Å²) in [7, 11) is 1.95. The third-order valence-electron chi connectivity index (χ3n) is 4.62. The number of rotatable bonds is 9. The standard InChI is InChI=1S/C20H27N5O/c1-4-25(5-2)18(19-9-7-11-26-19)14-22-13-17-15-24(3)23-20(17)16-8-6-10-21-12-16/h6-12,15,18,22H,4-5,13-14H2,1-3H3. The van der Waals surface area contributed by atoms with Gasteiger partial charge in [0, 0.05) is 49.9 Å². The first-order chi connectivity index (χ1) is 12.7. The Balaban J connectivity index is 1.71. The van der Waals surface area contributed by atoms with E-state index >= 15 is 0 Å². The van der Waals surface area contributed by atoms with E-state index in [1.165, 1.54) is 5.56 Å². The van der Waals surface area contributed by atoms with E-state index in [0.29, 0.717) is 0 Å². The van der Waals surface area contributed by atoms with E-state index in [1.54, 1.807) is 12.5 Å². The lowest BCUT2D eigenvalue weighted by molar-refractivity contribution is 0.188. The first kappa shape index (κ1) is 18.4. The van der Waals surface area contributed by atoms with Crippen molar-refractivity contribution >= 4 is 0 Å². The number of nitrogens with one attached hydrogen (secondary N) is 1. The van der Waals surface area contributed by atoms with Crippen LogP contribution < -0.4 is 5.32 Å². The number of pyridine rings is 1. The maximum absolute atomic E-state index is 5.67. The van der Waals surface area contributed by atoms with Crippen molar-refractivity contribution in [3.63, 3.8) is 0 Å². The van der Waals surface area contributed by atoms with E-state index in [9.17, 15) is 0 Å². The number of hydrogen-bond donors (Lipinski definition) is 1. The molecule has 6 heteroatoms. The second-order valence-electron chi connectivity index (χ2n) is 6.30. The van der Waals surface area contributed by atoms with E-state index in [4.69, 9.17) is 4.42 Å². The predicted octanol–water partition coefficient (Wildman–Crippen LogP) is 3.25. The van der Waals surface area contributed by atoms with Crippen LogP contribution in [0, 0.1) is 0 Å². The first-order valence-electron chi connectivity index (χ1n) is 9.14. The van der Waals surface area contributed by atoms with Crippen molar-refractivity contribution in [1.29, 1.82) is 0 Å². The van der Waals surface area contributed by atoms with Crippen LogP contribution in [0.3, 0.4) is 0 Å². The molecular weight excluding hydrogens is 326 g/mol. The van der Waals surface area contributed by atoms with Crippen molar-refractivity contribution in [2.24, 2.45) is 7.05 Å². The summed E-state index contributed by atoms with van der Waals surface area (Å²) in [4.78, 5) is 6.61. The lowest BCUT2D eigenvalue weighted by Crippen LogP contribution is -2.35. The highest BCUT2D eigenvalue weighted by Gasteiger charge is 2.20. The average Bonchev–Trinajstić information content (AvgIpc) is 3.32. The van der Waals surface area contributed by atoms with Gasteiger partial charge in [-0.25, -0.2) is 0 Å². The Hall–Kier alpha value is -2.44. The molecule has 0 bridgehead atoms. The third kappa shape index (κ3) is 4.20. The Morgan fingerprint density at radius 3 is 2.73 bits per heavy atom. The van der Waals surface area contributed by atoms with Crippen molar-refractivity contribution < 1.29 is 4.42 Å². The van der Waals surface area contributed by atoms with Crippen LogP contribution in [0.5, 0.6) is 0 Å².